The van der Waals surface area contributed by atoms with Crippen LogP contribution in [0, 0.1) is 0 Å². The molecular formula is C12H17N3O3. The summed E-state index contributed by atoms with van der Waals surface area (Å²) in [6, 6.07) is 2.71. The van der Waals surface area contributed by atoms with E-state index >= 15 is 0 Å². The molecule has 0 aromatic carbocycles. The zero-order valence-corrected chi connectivity index (χ0v) is 10.3. The molecule has 1 fully saturated rings. The van der Waals surface area contributed by atoms with Crippen LogP contribution in [0.1, 0.15) is 36.7 Å². The molecule has 1 amide bonds. The van der Waals surface area contributed by atoms with Crippen molar-refractivity contribution in [1.82, 2.24) is 15.1 Å². The molecule has 6 nitrogen and oxygen atoms in total. The van der Waals surface area contributed by atoms with Crippen LogP contribution in [0.25, 0.3) is 0 Å². The zero-order valence-electron chi connectivity index (χ0n) is 10.3. The first-order valence-electron chi connectivity index (χ1n) is 6.05. The van der Waals surface area contributed by atoms with Crippen molar-refractivity contribution in [2.75, 3.05) is 13.1 Å². The van der Waals surface area contributed by atoms with Crippen LogP contribution in [0.4, 0.5) is 0 Å². The molecule has 1 saturated heterocycles. The smallest absolute Gasteiger partial charge is 0.274 e. The standard InChI is InChI=1S/C12H17N3O3/c1-12(18)5-2-7-15(8-6-12)11(17)9-3-4-10(16)14-13-9/h3-4,18H,2,5-8H2,1H3,(H,14,16). The van der Waals surface area contributed by atoms with E-state index in [4.69, 9.17) is 0 Å². The van der Waals surface area contributed by atoms with Crippen LogP contribution in [0.15, 0.2) is 16.9 Å². The first-order valence-corrected chi connectivity index (χ1v) is 6.05. The summed E-state index contributed by atoms with van der Waals surface area (Å²) in [5, 5.41) is 15.9. The van der Waals surface area contributed by atoms with Gasteiger partial charge in [-0.25, -0.2) is 5.10 Å². The van der Waals surface area contributed by atoms with Crippen LogP contribution in [0.2, 0.25) is 0 Å². The highest BCUT2D eigenvalue weighted by Gasteiger charge is 2.27. The van der Waals surface area contributed by atoms with Crippen LogP contribution >= 0.6 is 0 Å². The molecule has 1 aromatic rings. The number of aromatic nitrogens is 2. The quantitative estimate of drug-likeness (QED) is 0.743. The molecule has 2 rings (SSSR count). The maximum atomic E-state index is 12.1. The fourth-order valence-corrected chi connectivity index (χ4v) is 2.09. The van der Waals surface area contributed by atoms with Crippen LogP contribution in [-0.4, -0.2) is 44.8 Å². The number of amides is 1. The lowest BCUT2D eigenvalue weighted by atomic mass is 9.98. The van der Waals surface area contributed by atoms with E-state index in [0.29, 0.717) is 25.9 Å². The number of hydrogen-bond donors (Lipinski definition) is 2. The molecule has 1 atom stereocenters. The Balaban J connectivity index is 2.09. The van der Waals surface area contributed by atoms with Gasteiger partial charge < -0.3 is 10.0 Å². The second-order valence-electron chi connectivity index (χ2n) is 4.95. The summed E-state index contributed by atoms with van der Waals surface area (Å²) in [5.41, 5.74) is -0.797. The molecule has 98 valence electrons. The lowest BCUT2D eigenvalue weighted by Crippen LogP contribution is -2.34. The second-order valence-corrected chi connectivity index (χ2v) is 4.95. The molecule has 1 unspecified atom stereocenters. The van der Waals surface area contributed by atoms with Crippen LogP contribution < -0.4 is 5.56 Å². The molecule has 0 bridgehead atoms. The van der Waals surface area contributed by atoms with Gasteiger partial charge in [-0.05, 0) is 32.3 Å². The minimum atomic E-state index is -0.701. The Bertz CT molecular complexity index is 475. The molecule has 0 aliphatic carbocycles. The van der Waals surface area contributed by atoms with E-state index in [1.165, 1.54) is 12.1 Å². The summed E-state index contributed by atoms with van der Waals surface area (Å²) in [7, 11) is 0. The molecule has 0 radical (unpaired) electrons. The van der Waals surface area contributed by atoms with E-state index in [0.717, 1.165) is 6.42 Å². The maximum absolute atomic E-state index is 12.1. The van der Waals surface area contributed by atoms with Gasteiger partial charge in [-0.3, -0.25) is 9.59 Å². The first kappa shape index (κ1) is 12.8. The number of H-pyrrole nitrogens is 1. The average molecular weight is 251 g/mol. The van der Waals surface area contributed by atoms with Gasteiger partial charge in [0.2, 0.25) is 0 Å². The minimum absolute atomic E-state index is 0.205. The molecular weight excluding hydrogens is 234 g/mol. The number of aliphatic hydroxyl groups is 1. The van der Waals surface area contributed by atoms with Crippen molar-refractivity contribution in [1.29, 1.82) is 0 Å². The Morgan fingerprint density at radius 2 is 2.22 bits per heavy atom. The Morgan fingerprint density at radius 1 is 1.44 bits per heavy atom. The highest BCUT2D eigenvalue weighted by molar-refractivity contribution is 5.92. The molecule has 2 N–H and O–H groups in total. The lowest BCUT2D eigenvalue weighted by molar-refractivity contribution is 0.0437. The number of aromatic amines is 1. The predicted molar refractivity (Wildman–Crippen MR) is 65.2 cm³/mol. The van der Waals surface area contributed by atoms with Crippen molar-refractivity contribution in [2.45, 2.75) is 31.8 Å². The highest BCUT2D eigenvalue weighted by Crippen LogP contribution is 2.21. The maximum Gasteiger partial charge on any atom is 0.274 e. The lowest BCUT2D eigenvalue weighted by Gasteiger charge is -2.22. The van der Waals surface area contributed by atoms with E-state index in [9.17, 15) is 14.7 Å². The van der Waals surface area contributed by atoms with Crippen molar-refractivity contribution in [3.05, 3.63) is 28.2 Å². The van der Waals surface area contributed by atoms with Crippen molar-refractivity contribution in [3.8, 4) is 0 Å². The summed E-state index contributed by atoms with van der Waals surface area (Å²) in [6.45, 7) is 2.90. The Kier molecular flexibility index (Phi) is 3.47. The molecule has 2 heterocycles. The van der Waals surface area contributed by atoms with Gasteiger partial charge >= 0.3 is 0 Å². The Labute approximate surface area is 105 Å². The number of nitrogens with one attached hydrogen (secondary N) is 1. The van der Waals surface area contributed by atoms with E-state index in [1.807, 2.05) is 0 Å². The molecule has 18 heavy (non-hydrogen) atoms. The van der Waals surface area contributed by atoms with E-state index < -0.39 is 5.60 Å². The normalized spacial score (nSPS) is 24.7. The number of rotatable bonds is 1. The summed E-state index contributed by atoms with van der Waals surface area (Å²) in [4.78, 5) is 24.7. The number of carbonyl (C=O) groups excluding carboxylic acids is 1. The monoisotopic (exact) mass is 251 g/mol. The van der Waals surface area contributed by atoms with E-state index in [2.05, 4.69) is 10.2 Å². The number of likely N-dealkylation sites (tertiary alicyclic amines) is 1. The molecule has 0 saturated carbocycles. The number of hydrogen-bond acceptors (Lipinski definition) is 4. The van der Waals surface area contributed by atoms with Gasteiger partial charge in [-0.15, -0.1) is 0 Å². The molecule has 1 aromatic heterocycles. The third-order valence-corrected chi connectivity index (χ3v) is 3.25. The van der Waals surface area contributed by atoms with Crippen molar-refractivity contribution >= 4 is 5.91 Å². The largest absolute Gasteiger partial charge is 0.390 e. The summed E-state index contributed by atoms with van der Waals surface area (Å²) < 4.78 is 0. The molecule has 6 heteroatoms. The first-order chi connectivity index (χ1) is 8.48. The number of carbonyl (C=O) groups is 1. The van der Waals surface area contributed by atoms with E-state index in [-0.39, 0.29) is 17.2 Å². The van der Waals surface area contributed by atoms with Crippen molar-refractivity contribution in [3.63, 3.8) is 0 Å². The van der Waals surface area contributed by atoms with Gasteiger partial charge in [0.25, 0.3) is 11.5 Å². The molecule has 1 aliphatic rings. The van der Waals surface area contributed by atoms with E-state index in [1.54, 1.807) is 11.8 Å². The average Bonchev–Trinajstić information content (AvgIpc) is 2.50. The van der Waals surface area contributed by atoms with Crippen molar-refractivity contribution < 1.29 is 9.90 Å². The SMILES string of the molecule is CC1(O)CCCN(C(=O)c2ccc(=O)[nH]n2)CC1. The number of nitrogens with zero attached hydrogens (tertiary/aromatic N) is 2. The summed E-state index contributed by atoms with van der Waals surface area (Å²) in [6.07, 6.45) is 2.01. The second kappa shape index (κ2) is 4.89. The fourth-order valence-electron chi connectivity index (χ4n) is 2.09. The molecule has 1 aliphatic heterocycles. The third-order valence-electron chi connectivity index (χ3n) is 3.25. The summed E-state index contributed by atoms with van der Waals surface area (Å²) >= 11 is 0. The fraction of sp³-hybridized carbons (Fsp3) is 0.583. The minimum Gasteiger partial charge on any atom is -0.390 e. The van der Waals surface area contributed by atoms with Gasteiger partial charge in [-0.2, -0.15) is 5.10 Å². The van der Waals surface area contributed by atoms with Crippen LogP contribution in [0.3, 0.4) is 0 Å². The van der Waals surface area contributed by atoms with Gasteiger partial charge in [-0.1, -0.05) is 0 Å². The van der Waals surface area contributed by atoms with Gasteiger partial charge in [0.15, 0.2) is 0 Å². The van der Waals surface area contributed by atoms with Crippen LogP contribution in [-0.2, 0) is 0 Å². The summed E-state index contributed by atoms with van der Waals surface area (Å²) in [5.74, 6) is -0.205. The van der Waals surface area contributed by atoms with Gasteiger partial charge in [0, 0.05) is 19.2 Å². The molecule has 0 spiro atoms. The third kappa shape index (κ3) is 2.95. The van der Waals surface area contributed by atoms with Gasteiger partial charge in [0.1, 0.15) is 5.69 Å². The van der Waals surface area contributed by atoms with Gasteiger partial charge in [0.05, 0.1) is 5.60 Å². The Hall–Kier alpha value is -1.69. The van der Waals surface area contributed by atoms with Crippen molar-refractivity contribution in [2.24, 2.45) is 0 Å². The predicted octanol–water partition coefficient (Wildman–Crippen LogP) is 0.147. The van der Waals surface area contributed by atoms with Crippen LogP contribution in [0.5, 0.6) is 0 Å². The topological polar surface area (TPSA) is 86.3 Å². The Morgan fingerprint density at radius 3 is 2.89 bits per heavy atom. The highest BCUT2D eigenvalue weighted by atomic mass is 16.3. The zero-order chi connectivity index (χ0) is 13.2.